The van der Waals surface area contributed by atoms with Gasteiger partial charge in [0.15, 0.2) is 5.78 Å². The van der Waals surface area contributed by atoms with Crippen LogP contribution in [-0.2, 0) is 22.5 Å². The maximum absolute atomic E-state index is 12.7. The van der Waals surface area contributed by atoms with Crippen molar-refractivity contribution >= 4 is 58.4 Å². The molecule has 198 valence electrons. The first-order valence-corrected chi connectivity index (χ1v) is 13.4. The molecule has 1 amide bonds. The first-order chi connectivity index (χ1) is 17.8. The van der Waals surface area contributed by atoms with Crippen molar-refractivity contribution in [1.29, 1.82) is 0 Å². The second kappa shape index (κ2) is 14.4. The molecule has 9 nitrogen and oxygen atoms in total. The zero-order valence-electron chi connectivity index (χ0n) is 20.2. The van der Waals surface area contributed by atoms with Gasteiger partial charge in [0.2, 0.25) is 5.16 Å². The van der Waals surface area contributed by atoms with E-state index in [0.717, 1.165) is 35.1 Å². The van der Waals surface area contributed by atoms with Gasteiger partial charge in [0.25, 0.3) is 0 Å². The summed E-state index contributed by atoms with van der Waals surface area (Å²) in [6.45, 7) is 1.87. The molecule has 0 aliphatic heterocycles. The van der Waals surface area contributed by atoms with E-state index in [1.165, 1.54) is 5.56 Å². The Bertz CT molecular complexity index is 1210. The number of nitrogens with one attached hydrogen (secondary N) is 1. The molecule has 1 atom stereocenters. The Hall–Kier alpha value is -2.53. The Kier molecular flexibility index (Phi) is 11.3. The van der Waals surface area contributed by atoms with Gasteiger partial charge in [-0.2, -0.15) is 4.80 Å². The Labute approximate surface area is 234 Å². The van der Waals surface area contributed by atoms with E-state index in [1.54, 1.807) is 26.2 Å². The Morgan fingerprint density at radius 2 is 1.81 bits per heavy atom. The normalized spacial score (nSPS) is 11.7. The van der Waals surface area contributed by atoms with Crippen molar-refractivity contribution in [2.24, 2.45) is 0 Å². The monoisotopic (exact) mass is 585 g/mol. The highest BCUT2D eigenvalue weighted by molar-refractivity contribution is 7.99. The predicted molar refractivity (Wildman–Crippen MR) is 143 cm³/mol. The highest BCUT2D eigenvalue weighted by Gasteiger charge is 2.22. The lowest BCUT2D eigenvalue weighted by Gasteiger charge is -2.15. The number of hydrogen-bond donors (Lipinski definition) is 1. The number of unbranched alkanes of at least 4 members (excludes halogenated alkanes) is 1. The van der Waals surface area contributed by atoms with E-state index in [0.29, 0.717) is 27.8 Å². The smallest absolute Gasteiger partial charge is 0.407 e. The third kappa shape index (κ3) is 8.77. The molecule has 13 heteroatoms. The van der Waals surface area contributed by atoms with Crippen LogP contribution in [-0.4, -0.2) is 51.8 Å². The number of methoxy groups -OCH3 is 1. The SMILES string of the molecule is CCC(NC(=O)OCCCCc1ccc(OC)cc1)C(=O)Cn1nnc(Sc2c(Cl)ccc(Cl)c2Cl)n1. The molecule has 3 rings (SSSR count). The van der Waals surface area contributed by atoms with E-state index in [-0.39, 0.29) is 29.1 Å². The van der Waals surface area contributed by atoms with Crippen molar-refractivity contribution in [1.82, 2.24) is 25.5 Å². The number of aryl methyl sites for hydroxylation is 1. The Morgan fingerprint density at radius 1 is 1.08 bits per heavy atom. The van der Waals surface area contributed by atoms with Crippen molar-refractivity contribution < 1.29 is 19.1 Å². The minimum atomic E-state index is -0.745. The molecule has 3 aromatic rings. The number of carbonyl (C=O) groups excluding carboxylic acids is 2. The van der Waals surface area contributed by atoms with Crippen LogP contribution in [0.5, 0.6) is 5.75 Å². The standard InChI is InChI=1S/C24H26Cl3N5O4S/c1-3-19(28-24(34)36-13-5-4-6-15-7-9-16(35-2)10-8-15)20(33)14-32-30-23(29-31-32)37-22-18(26)12-11-17(25)21(22)27/h7-12,19H,3-6,13-14H2,1-2H3,(H,28,34). The summed E-state index contributed by atoms with van der Waals surface area (Å²) in [5, 5.41) is 15.9. The molecule has 0 saturated carbocycles. The van der Waals surface area contributed by atoms with Gasteiger partial charge in [0.05, 0.1) is 39.7 Å². The zero-order chi connectivity index (χ0) is 26.8. The van der Waals surface area contributed by atoms with Crippen molar-refractivity contribution in [2.75, 3.05) is 13.7 Å². The number of aromatic nitrogens is 4. The molecule has 37 heavy (non-hydrogen) atoms. The molecule has 0 saturated heterocycles. The third-order valence-electron chi connectivity index (χ3n) is 5.27. The van der Waals surface area contributed by atoms with Gasteiger partial charge in [-0.25, -0.2) is 4.79 Å². The van der Waals surface area contributed by atoms with Crippen LogP contribution in [0.25, 0.3) is 0 Å². The van der Waals surface area contributed by atoms with Crippen LogP contribution in [0.4, 0.5) is 4.79 Å². The highest BCUT2D eigenvalue weighted by atomic mass is 35.5. The minimum Gasteiger partial charge on any atom is -0.497 e. The van der Waals surface area contributed by atoms with Crippen LogP contribution in [0.15, 0.2) is 46.5 Å². The number of hydrogen-bond acceptors (Lipinski definition) is 8. The largest absolute Gasteiger partial charge is 0.497 e. The first kappa shape index (κ1) is 29.0. The topological polar surface area (TPSA) is 108 Å². The zero-order valence-corrected chi connectivity index (χ0v) is 23.3. The highest BCUT2D eigenvalue weighted by Crippen LogP contribution is 2.40. The van der Waals surface area contributed by atoms with Gasteiger partial charge in [-0.1, -0.05) is 53.9 Å². The molecular weight excluding hydrogens is 561 g/mol. The summed E-state index contributed by atoms with van der Waals surface area (Å²) in [6, 6.07) is 10.3. The van der Waals surface area contributed by atoms with E-state index in [1.807, 2.05) is 24.3 Å². The molecule has 1 aromatic heterocycles. The van der Waals surface area contributed by atoms with Crippen LogP contribution >= 0.6 is 46.6 Å². The number of rotatable bonds is 13. The van der Waals surface area contributed by atoms with Gasteiger partial charge in [0.1, 0.15) is 12.3 Å². The number of Topliss-reactive ketones (excluding diaryl/α,β-unsaturated/α-hetero) is 1. The second-order valence-corrected chi connectivity index (χ2v) is 10.1. The van der Waals surface area contributed by atoms with E-state index < -0.39 is 12.1 Å². The molecule has 0 fully saturated rings. The number of carbonyl (C=O) groups is 2. The van der Waals surface area contributed by atoms with Gasteiger partial charge < -0.3 is 14.8 Å². The van der Waals surface area contributed by atoms with Crippen molar-refractivity contribution in [3.63, 3.8) is 0 Å². The number of alkyl carbamates (subject to hydrolysis) is 1. The number of ketones is 1. The van der Waals surface area contributed by atoms with Gasteiger partial charge in [-0.3, -0.25) is 4.79 Å². The number of tetrazole rings is 1. The first-order valence-electron chi connectivity index (χ1n) is 11.5. The van der Waals surface area contributed by atoms with Gasteiger partial charge >= 0.3 is 6.09 Å². The molecule has 0 bridgehead atoms. The van der Waals surface area contributed by atoms with Crippen molar-refractivity contribution in [3.8, 4) is 5.75 Å². The summed E-state index contributed by atoms with van der Waals surface area (Å²) in [6.07, 6.45) is 2.17. The predicted octanol–water partition coefficient (Wildman–Crippen LogP) is 5.89. The average molecular weight is 587 g/mol. The fraction of sp³-hybridized carbons (Fsp3) is 0.375. The Balaban J connectivity index is 1.42. The molecule has 0 aliphatic carbocycles. The number of halogens is 3. The lowest BCUT2D eigenvalue weighted by molar-refractivity contribution is -0.122. The summed E-state index contributed by atoms with van der Waals surface area (Å²) >= 11 is 19.5. The van der Waals surface area contributed by atoms with Gasteiger partial charge in [-0.15, -0.1) is 10.2 Å². The average Bonchev–Trinajstić information content (AvgIpc) is 3.34. The number of benzene rings is 2. The van der Waals surface area contributed by atoms with Crippen molar-refractivity contribution in [3.05, 3.63) is 57.0 Å². The van der Waals surface area contributed by atoms with Gasteiger partial charge in [-0.05, 0) is 72.5 Å². The number of ether oxygens (including phenoxy) is 2. The third-order valence-corrected chi connectivity index (χ3v) is 7.59. The molecule has 2 aromatic carbocycles. The summed E-state index contributed by atoms with van der Waals surface area (Å²) < 4.78 is 10.4. The molecule has 1 unspecified atom stereocenters. The molecule has 0 spiro atoms. The number of amides is 1. The van der Waals surface area contributed by atoms with Gasteiger partial charge in [0, 0.05) is 0 Å². The fourth-order valence-corrected chi connectivity index (χ4v) is 4.84. The lowest BCUT2D eigenvalue weighted by Crippen LogP contribution is -2.42. The summed E-state index contributed by atoms with van der Waals surface area (Å²) in [5.41, 5.74) is 1.18. The summed E-state index contributed by atoms with van der Waals surface area (Å²) in [7, 11) is 1.63. The van der Waals surface area contributed by atoms with Crippen molar-refractivity contribution in [2.45, 2.75) is 55.2 Å². The van der Waals surface area contributed by atoms with Crippen LogP contribution in [0, 0.1) is 0 Å². The minimum absolute atomic E-state index is 0.175. The number of nitrogens with zero attached hydrogens (tertiary/aromatic N) is 4. The maximum atomic E-state index is 12.7. The van der Waals surface area contributed by atoms with E-state index in [9.17, 15) is 9.59 Å². The van der Waals surface area contributed by atoms with E-state index in [4.69, 9.17) is 44.3 Å². The molecule has 1 N–H and O–H groups in total. The maximum Gasteiger partial charge on any atom is 0.407 e. The summed E-state index contributed by atoms with van der Waals surface area (Å²) in [5.74, 6) is 0.529. The van der Waals surface area contributed by atoms with Crippen LogP contribution in [0.3, 0.4) is 0 Å². The van der Waals surface area contributed by atoms with Crippen LogP contribution < -0.4 is 10.1 Å². The van der Waals surface area contributed by atoms with E-state index in [2.05, 4.69) is 20.7 Å². The van der Waals surface area contributed by atoms with Crippen LogP contribution in [0.2, 0.25) is 15.1 Å². The second-order valence-electron chi connectivity index (χ2n) is 7.89. The lowest BCUT2D eigenvalue weighted by atomic mass is 10.1. The molecule has 1 heterocycles. The molecule has 0 radical (unpaired) electrons. The fourth-order valence-electron chi connectivity index (χ4n) is 3.26. The Morgan fingerprint density at radius 3 is 2.51 bits per heavy atom. The molecular formula is C24H26Cl3N5O4S. The molecule has 0 aliphatic rings. The van der Waals surface area contributed by atoms with Crippen LogP contribution in [0.1, 0.15) is 31.7 Å². The van der Waals surface area contributed by atoms with E-state index >= 15 is 0 Å². The summed E-state index contributed by atoms with van der Waals surface area (Å²) in [4.78, 5) is 26.5. The quantitative estimate of drug-likeness (QED) is 0.195.